The number of rotatable bonds is 4. The first-order valence-corrected chi connectivity index (χ1v) is 6.60. The van der Waals surface area contributed by atoms with Gasteiger partial charge in [-0.25, -0.2) is 9.07 Å². The van der Waals surface area contributed by atoms with E-state index in [0.717, 1.165) is 0 Å². The molecule has 1 N–H and O–H groups in total. The van der Waals surface area contributed by atoms with Gasteiger partial charge in [-0.05, 0) is 12.1 Å². The van der Waals surface area contributed by atoms with E-state index in [2.05, 4.69) is 10.3 Å². The highest BCUT2D eigenvalue weighted by atomic mass is 19.1. The van der Waals surface area contributed by atoms with Crippen LogP contribution in [0.4, 0.5) is 4.39 Å². The maximum atomic E-state index is 14.2. The molecule has 1 unspecified atom stereocenters. The monoisotopic (exact) mass is 297 g/mol. The number of carbonyl (C=O) groups is 1. The molecule has 0 fully saturated rings. The molecule has 0 amide bonds. The standard InChI is InChI=1S/C16H12FN3O2/c17-14-10-12(20-9-8-18-19-20)6-7-13(14)16(22)15(21)11-4-2-1-3-5-11/h1-10,16,22H. The number of aromatic nitrogens is 3. The zero-order valence-electron chi connectivity index (χ0n) is 11.4. The van der Waals surface area contributed by atoms with E-state index in [0.29, 0.717) is 11.3 Å². The van der Waals surface area contributed by atoms with Gasteiger partial charge in [-0.2, -0.15) is 0 Å². The molecule has 3 aromatic rings. The van der Waals surface area contributed by atoms with Crippen molar-refractivity contribution in [1.29, 1.82) is 0 Å². The predicted octanol–water partition coefficient (Wildman–Crippen LogP) is 2.32. The average molecular weight is 297 g/mol. The molecule has 0 saturated heterocycles. The highest BCUT2D eigenvalue weighted by Gasteiger charge is 2.22. The molecule has 1 atom stereocenters. The Morgan fingerprint density at radius 2 is 1.95 bits per heavy atom. The third-order valence-corrected chi connectivity index (χ3v) is 3.27. The number of Topliss-reactive ketones (excluding diaryl/α,β-unsaturated/α-hetero) is 1. The quantitative estimate of drug-likeness (QED) is 0.750. The van der Waals surface area contributed by atoms with Crippen molar-refractivity contribution in [2.45, 2.75) is 6.10 Å². The largest absolute Gasteiger partial charge is 0.380 e. The van der Waals surface area contributed by atoms with E-state index in [4.69, 9.17) is 0 Å². The van der Waals surface area contributed by atoms with Gasteiger partial charge in [0.05, 0.1) is 18.1 Å². The van der Waals surface area contributed by atoms with Crippen LogP contribution in [0.5, 0.6) is 0 Å². The second kappa shape index (κ2) is 5.87. The minimum Gasteiger partial charge on any atom is -0.380 e. The summed E-state index contributed by atoms with van der Waals surface area (Å²) in [6.07, 6.45) is 1.49. The topological polar surface area (TPSA) is 68.0 Å². The number of aliphatic hydroxyl groups excluding tert-OH is 1. The van der Waals surface area contributed by atoms with Crippen LogP contribution in [-0.4, -0.2) is 25.9 Å². The summed E-state index contributed by atoms with van der Waals surface area (Å²) in [6, 6.07) is 12.4. The summed E-state index contributed by atoms with van der Waals surface area (Å²) in [7, 11) is 0. The van der Waals surface area contributed by atoms with E-state index in [-0.39, 0.29) is 5.56 Å². The summed E-state index contributed by atoms with van der Waals surface area (Å²) in [4.78, 5) is 12.2. The lowest BCUT2D eigenvalue weighted by Crippen LogP contribution is -2.14. The molecule has 0 bridgehead atoms. The normalized spacial score (nSPS) is 12.1. The van der Waals surface area contributed by atoms with Gasteiger partial charge in [0, 0.05) is 11.1 Å². The number of aliphatic hydroxyl groups is 1. The van der Waals surface area contributed by atoms with Crippen molar-refractivity contribution in [2.75, 3.05) is 0 Å². The molecule has 0 aliphatic heterocycles. The molecule has 0 saturated carbocycles. The van der Waals surface area contributed by atoms with Gasteiger partial charge >= 0.3 is 0 Å². The number of hydrogen-bond donors (Lipinski definition) is 1. The summed E-state index contributed by atoms with van der Waals surface area (Å²) < 4.78 is 15.6. The molecule has 6 heteroatoms. The zero-order chi connectivity index (χ0) is 15.5. The average Bonchev–Trinajstić information content (AvgIpc) is 3.09. The number of halogens is 1. The van der Waals surface area contributed by atoms with Crippen LogP contribution in [0.1, 0.15) is 22.0 Å². The summed E-state index contributed by atoms with van der Waals surface area (Å²) in [6.45, 7) is 0. The fourth-order valence-corrected chi connectivity index (χ4v) is 2.13. The Hall–Kier alpha value is -2.86. The maximum absolute atomic E-state index is 14.2. The molecule has 0 radical (unpaired) electrons. The molecule has 1 heterocycles. The third kappa shape index (κ3) is 2.64. The van der Waals surface area contributed by atoms with Gasteiger partial charge in [0.25, 0.3) is 0 Å². The van der Waals surface area contributed by atoms with Crippen molar-refractivity contribution >= 4 is 5.78 Å². The summed E-state index contributed by atoms with van der Waals surface area (Å²) >= 11 is 0. The van der Waals surface area contributed by atoms with Crippen molar-refractivity contribution < 1.29 is 14.3 Å². The molecule has 0 spiro atoms. The minimum absolute atomic E-state index is 0.0716. The van der Waals surface area contributed by atoms with Crippen LogP contribution in [0.3, 0.4) is 0 Å². The lowest BCUT2D eigenvalue weighted by atomic mass is 9.99. The number of ketones is 1. The van der Waals surface area contributed by atoms with Crippen molar-refractivity contribution in [3.63, 3.8) is 0 Å². The van der Waals surface area contributed by atoms with E-state index in [1.165, 1.54) is 23.0 Å². The second-order valence-electron chi connectivity index (χ2n) is 4.69. The van der Waals surface area contributed by atoms with Crippen molar-refractivity contribution in [3.05, 3.63) is 77.9 Å². The smallest absolute Gasteiger partial charge is 0.195 e. The van der Waals surface area contributed by atoms with Gasteiger partial charge < -0.3 is 5.11 Å². The van der Waals surface area contributed by atoms with Gasteiger partial charge in [0.2, 0.25) is 0 Å². The Morgan fingerprint density at radius 3 is 2.59 bits per heavy atom. The van der Waals surface area contributed by atoms with E-state index in [1.807, 2.05) is 0 Å². The number of carbonyl (C=O) groups excluding carboxylic acids is 1. The molecular formula is C16H12FN3O2. The predicted molar refractivity (Wildman–Crippen MR) is 77.0 cm³/mol. The fourth-order valence-electron chi connectivity index (χ4n) is 2.13. The third-order valence-electron chi connectivity index (χ3n) is 3.27. The first-order valence-electron chi connectivity index (χ1n) is 6.60. The van der Waals surface area contributed by atoms with Crippen LogP contribution in [0.25, 0.3) is 5.69 Å². The summed E-state index contributed by atoms with van der Waals surface area (Å²) in [5.74, 6) is -1.22. The van der Waals surface area contributed by atoms with Crippen molar-refractivity contribution in [1.82, 2.24) is 15.0 Å². The molecule has 1 aromatic heterocycles. The van der Waals surface area contributed by atoms with E-state index in [9.17, 15) is 14.3 Å². The van der Waals surface area contributed by atoms with Crippen LogP contribution < -0.4 is 0 Å². The second-order valence-corrected chi connectivity index (χ2v) is 4.69. The van der Waals surface area contributed by atoms with Crippen molar-refractivity contribution in [2.24, 2.45) is 0 Å². The van der Waals surface area contributed by atoms with Crippen molar-refractivity contribution in [3.8, 4) is 5.69 Å². The van der Waals surface area contributed by atoms with E-state index >= 15 is 0 Å². The molecular weight excluding hydrogens is 285 g/mol. The molecule has 2 aromatic carbocycles. The number of hydrogen-bond acceptors (Lipinski definition) is 4. The van der Waals surface area contributed by atoms with Crippen LogP contribution in [-0.2, 0) is 0 Å². The highest BCUT2D eigenvalue weighted by Crippen LogP contribution is 2.23. The van der Waals surface area contributed by atoms with Gasteiger partial charge in [-0.1, -0.05) is 41.6 Å². The SMILES string of the molecule is O=C(c1ccccc1)C(O)c1ccc(-n2ccnn2)cc1F. The summed E-state index contributed by atoms with van der Waals surface area (Å²) in [5.41, 5.74) is 0.714. The van der Waals surface area contributed by atoms with Gasteiger partial charge in [-0.3, -0.25) is 4.79 Å². The Morgan fingerprint density at radius 1 is 1.18 bits per heavy atom. The molecule has 0 aliphatic carbocycles. The molecule has 3 rings (SSSR count). The number of nitrogens with zero attached hydrogens (tertiary/aromatic N) is 3. The summed E-state index contributed by atoms with van der Waals surface area (Å²) in [5, 5.41) is 17.5. The Labute approximate surface area is 125 Å². The van der Waals surface area contributed by atoms with Gasteiger partial charge in [0.1, 0.15) is 11.9 Å². The maximum Gasteiger partial charge on any atom is 0.195 e. The first kappa shape index (κ1) is 14.1. The highest BCUT2D eigenvalue weighted by molar-refractivity contribution is 5.99. The van der Waals surface area contributed by atoms with E-state index in [1.54, 1.807) is 42.6 Å². The Kier molecular flexibility index (Phi) is 3.76. The minimum atomic E-state index is -1.55. The van der Waals surface area contributed by atoms with Gasteiger partial charge in [-0.15, -0.1) is 5.10 Å². The van der Waals surface area contributed by atoms with Crippen LogP contribution in [0.15, 0.2) is 60.9 Å². The Bertz CT molecular complexity index is 788. The molecule has 5 nitrogen and oxygen atoms in total. The zero-order valence-corrected chi connectivity index (χ0v) is 11.4. The first-order chi connectivity index (χ1) is 10.7. The molecule has 22 heavy (non-hydrogen) atoms. The van der Waals surface area contributed by atoms with E-state index < -0.39 is 17.7 Å². The molecule has 0 aliphatic rings. The lowest BCUT2D eigenvalue weighted by molar-refractivity contribution is 0.0740. The Balaban J connectivity index is 1.90. The fraction of sp³-hybridized carbons (Fsp3) is 0.0625. The van der Waals surface area contributed by atoms with Crippen LogP contribution in [0.2, 0.25) is 0 Å². The lowest BCUT2D eigenvalue weighted by Gasteiger charge is -2.12. The molecule has 110 valence electrons. The van der Waals surface area contributed by atoms with Crippen LogP contribution >= 0.6 is 0 Å². The van der Waals surface area contributed by atoms with Crippen LogP contribution in [0, 0.1) is 5.82 Å². The van der Waals surface area contributed by atoms with Gasteiger partial charge in [0.15, 0.2) is 5.78 Å². The number of benzene rings is 2.